The van der Waals surface area contributed by atoms with E-state index in [0.717, 1.165) is 18.5 Å². The highest BCUT2D eigenvalue weighted by molar-refractivity contribution is 9.10. The van der Waals surface area contributed by atoms with Crippen LogP contribution >= 0.6 is 15.9 Å². The fourth-order valence-corrected chi connectivity index (χ4v) is 3.40. The molecule has 0 aliphatic heterocycles. The van der Waals surface area contributed by atoms with Gasteiger partial charge in [0, 0.05) is 7.05 Å². The van der Waals surface area contributed by atoms with Crippen LogP contribution in [0.15, 0.2) is 4.60 Å². The van der Waals surface area contributed by atoms with Crippen molar-refractivity contribution in [1.82, 2.24) is 15.0 Å². The number of hydrogen-bond donors (Lipinski definition) is 1. The molecule has 1 saturated carbocycles. The highest BCUT2D eigenvalue weighted by Crippen LogP contribution is 2.45. The van der Waals surface area contributed by atoms with Crippen molar-refractivity contribution in [2.24, 2.45) is 18.9 Å². The fourth-order valence-electron chi connectivity index (χ4n) is 2.73. The molecule has 0 aromatic carbocycles. The van der Waals surface area contributed by atoms with Gasteiger partial charge in [-0.25, -0.2) is 4.68 Å². The van der Waals surface area contributed by atoms with Crippen LogP contribution in [0, 0.1) is 11.8 Å². The first-order chi connectivity index (χ1) is 7.45. The van der Waals surface area contributed by atoms with Crippen LogP contribution in [0.2, 0.25) is 0 Å². The Morgan fingerprint density at radius 3 is 2.69 bits per heavy atom. The molecule has 1 aromatic rings. The quantitative estimate of drug-likeness (QED) is 0.862. The third-order valence-corrected chi connectivity index (χ3v) is 4.30. The maximum Gasteiger partial charge on any atom is 0.154 e. The van der Waals surface area contributed by atoms with Crippen LogP contribution < -0.4 is 0 Å². The molecule has 1 heterocycles. The lowest BCUT2D eigenvalue weighted by Gasteiger charge is -2.40. The van der Waals surface area contributed by atoms with Gasteiger partial charge >= 0.3 is 0 Å². The van der Waals surface area contributed by atoms with Crippen LogP contribution in [0.4, 0.5) is 0 Å². The highest BCUT2D eigenvalue weighted by atomic mass is 79.9. The van der Waals surface area contributed by atoms with Crippen LogP contribution in [-0.2, 0) is 12.6 Å². The van der Waals surface area contributed by atoms with Crippen molar-refractivity contribution in [2.45, 2.75) is 38.7 Å². The molecule has 4 nitrogen and oxygen atoms in total. The van der Waals surface area contributed by atoms with Gasteiger partial charge in [0.25, 0.3) is 0 Å². The monoisotopic (exact) mass is 287 g/mol. The minimum Gasteiger partial charge on any atom is -0.383 e. The molecule has 0 spiro atoms. The van der Waals surface area contributed by atoms with Crippen molar-refractivity contribution in [3.63, 3.8) is 0 Å². The topological polar surface area (TPSA) is 50.9 Å². The van der Waals surface area contributed by atoms with E-state index in [0.29, 0.717) is 10.5 Å². The van der Waals surface area contributed by atoms with Crippen molar-refractivity contribution < 1.29 is 5.11 Å². The van der Waals surface area contributed by atoms with Gasteiger partial charge in [-0.2, -0.15) is 0 Å². The molecule has 1 aliphatic rings. The standard InChI is InChI=1S/C11H18BrN3O/c1-7-4-5-8(2)11(16,6-7)9-10(12)13-14-15(9)3/h7-8,16H,4-6H2,1-3H3. The lowest BCUT2D eigenvalue weighted by atomic mass is 9.70. The van der Waals surface area contributed by atoms with Gasteiger partial charge in [0.2, 0.25) is 0 Å². The first-order valence-corrected chi connectivity index (χ1v) is 6.52. The van der Waals surface area contributed by atoms with E-state index in [2.05, 4.69) is 40.1 Å². The van der Waals surface area contributed by atoms with Gasteiger partial charge < -0.3 is 5.11 Å². The normalized spacial score (nSPS) is 35.3. The second kappa shape index (κ2) is 4.11. The smallest absolute Gasteiger partial charge is 0.154 e. The van der Waals surface area contributed by atoms with Crippen molar-refractivity contribution >= 4 is 15.9 Å². The van der Waals surface area contributed by atoms with Crippen LogP contribution in [0.25, 0.3) is 0 Å². The Kier molecular flexibility index (Phi) is 3.09. The molecule has 1 aliphatic carbocycles. The molecule has 0 amide bonds. The van der Waals surface area contributed by atoms with E-state index < -0.39 is 5.60 Å². The fraction of sp³-hybridized carbons (Fsp3) is 0.818. The van der Waals surface area contributed by atoms with E-state index in [-0.39, 0.29) is 5.92 Å². The van der Waals surface area contributed by atoms with E-state index in [1.165, 1.54) is 6.42 Å². The molecule has 2 rings (SSSR count). The molecule has 1 fully saturated rings. The van der Waals surface area contributed by atoms with Crippen LogP contribution in [0.1, 0.15) is 38.8 Å². The first kappa shape index (κ1) is 12.0. The summed E-state index contributed by atoms with van der Waals surface area (Å²) in [6.45, 7) is 4.29. The van der Waals surface area contributed by atoms with Gasteiger partial charge in [0.1, 0.15) is 11.3 Å². The summed E-state index contributed by atoms with van der Waals surface area (Å²) in [6, 6.07) is 0. The molecule has 1 N–H and O–H groups in total. The number of nitrogens with zero attached hydrogens (tertiary/aromatic N) is 3. The number of hydrogen-bond acceptors (Lipinski definition) is 3. The van der Waals surface area contributed by atoms with Crippen LogP contribution in [0.3, 0.4) is 0 Å². The molecule has 3 unspecified atom stereocenters. The van der Waals surface area contributed by atoms with Gasteiger partial charge in [-0.05, 0) is 40.6 Å². The lowest BCUT2D eigenvalue weighted by Crippen LogP contribution is -2.41. The molecule has 0 saturated heterocycles. The molecular formula is C11H18BrN3O. The summed E-state index contributed by atoms with van der Waals surface area (Å²) in [7, 11) is 1.83. The Hall–Kier alpha value is -0.420. The summed E-state index contributed by atoms with van der Waals surface area (Å²) in [4.78, 5) is 0. The molecule has 5 heteroatoms. The Balaban J connectivity index is 2.43. The van der Waals surface area contributed by atoms with E-state index in [9.17, 15) is 5.11 Å². The molecule has 0 radical (unpaired) electrons. The van der Waals surface area contributed by atoms with E-state index >= 15 is 0 Å². The molecule has 0 bridgehead atoms. The molecule has 3 atom stereocenters. The minimum absolute atomic E-state index is 0.247. The third kappa shape index (κ3) is 1.80. The van der Waals surface area contributed by atoms with E-state index in [1.54, 1.807) is 4.68 Å². The average molecular weight is 288 g/mol. The van der Waals surface area contributed by atoms with Crippen molar-refractivity contribution in [3.05, 3.63) is 10.3 Å². The maximum atomic E-state index is 10.9. The zero-order valence-electron chi connectivity index (χ0n) is 9.94. The van der Waals surface area contributed by atoms with Crippen LogP contribution in [-0.4, -0.2) is 20.1 Å². The molecular weight excluding hydrogens is 270 g/mol. The van der Waals surface area contributed by atoms with E-state index in [1.807, 2.05) is 7.05 Å². The second-order valence-electron chi connectivity index (χ2n) is 5.06. The SMILES string of the molecule is CC1CCC(C)C(O)(c2c(Br)nnn2C)C1. The van der Waals surface area contributed by atoms with Crippen molar-refractivity contribution in [2.75, 3.05) is 0 Å². The van der Waals surface area contributed by atoms with Crippen molar-refractivity contribution in [1.29, 1.82) is 0 Å². The zero-order valence-corrected chi connectivity index (χ0v) is 11.5. The van der Waals surface area contributed by atoms with Gasteiger partial charge in [0.05, 0.1) is 0 Å². The second-order valence-corrected chi connectivity index (χ2v) is 5.82. The summed E-state index contributed by atoms with van der Waals surface area (Å²) < 4.78 is 2.34. The molecule has 16 heavy (non-hydrogen) atoms. The largest absolute Gasteiger partial charge is 0.383 e. The third-order valence-electron chi connectivity index (χ3n) is 3.76. The Bertz CT molecular complexity index is 373. The Morgan fingerprint density at radius 2 is 2.12 bits per heavy atom. The van der Waals surface area contributed by atoms with E-state index in [4.69, 9.17) is 0 Å². The first-order valence-electron chi connectivity index (χ1n) is 5.73. The molecule has 90 valence electrons. The van der Waals surface area contributed by atoms with Crippen molar-refractivity contribution in [3.8, 4) is 0 Å². The average Bonchev–Trinajstić information content (AvgIpc) is 2.53. The number of rotatable bonds is 1. The minimum atomic E-state index is -0.797. The maximum absolute atomic E-state index is 10.9. The highest BCUT2D eigenvalue weighted by Gasteiger charge is 2.44. The number of aromatic nitrogens is 3. The summed E-state index contributed by atoms with van der Waals surface area (Å²) in [5.41, 5.74) is 0.0147. The van der Waals surface area contributed by atoms with Gasteiger partial charge in [-0.15, -0.1) is 5.10 Å². The lowest BCUT2D eigenvalue weighted by molar-refractivity contribution is -0.0693. The number of aryl methyl sites for hydroxylation is 1. The predicted molar refractivity (Wildman–Crippen MR) is 64.8 cm³/mol. The van der Waals surface area contributed by atoms with Gasteiger partial charge in [-0.1, -0.05) is 25.5 Å². The Labute approximate surface area is 104 Å². The summed E-state index contributed by atoms with van der Waals surface area (Å²) in [6.07, 6.45) is 3.02. The van der Waals surface area contributed by atoms with Crippen LogP contribution in [0.5, 0.6) is 0 Å². The summed E-state index contributed by atoms with van der Waals surface area (Å²) in [5, 5.41) is 18.8. The Morgan fingerprint density at radius 1 is 1.44 bits per heavy atom. The number of aliphatic hydroxyl groups is 1. The predicted octanol–water partition coefficient (Wildman–Crippen LogP) is 2.22. The molecule has 1 aromatic heterocycles. The summed E-state index contributed by atoms with van der Waals surface area (Å²) >= 11 is 3.38. The summed E-state index contributed by atoms with van der Waals surface area (Å²) in [5.74, 6) is 0.792. The van der Waals surface area contributed by atoms with Gasteiger partial charge in [0.15, 0.2) is 4.60 Å². The zero-order chi connectivity index (χ0) is 11.9. The van der Waals surface area contributed by atoms with Gasteiger partial charge in [-0.3, -0.25) is 0 Å². The number of halogens is 1.